The van der Waals surface area contributed by atoms with Gasteiger partial charge in [0.05, 0.1) is 0 Å². The average Bonchev–Trinajstić information content (AvgIpc) is 2.77. The molecule has 2 aliphatic rings. The van der Waals surface area contributed by atoms with Gasteiger partial charge in [-0.1, -0.05) is 37.3 Å². The zero-order valence-corrected chi connectivity index (χ0v) is 14.6. The van der Waals surface area contributed by atoms with Crippen LogP contribution < -0.4 is 0 Å². The van der Waals surface area contributed by atoms with E-state index in [0.717, 1.165) is 32.4 Å². The molecule has 126 valence electrons. The number of likely N-dealkylation sites (tertiary alicyclic amines) is 2. The SMILES string of the molecule is CC[C@H](C)N1CCC[C@@]2(CCC(=O)N2Cc2ccccc2)CC1. The Hall–Kier alpha value is -1.35. The van der Waals surface area contributed by atoms with Crippen molar-refractivity contribution in [1.29, 1.82) is 0 Å². The van der Waals surface area contributed by atoms with Gasteiger partial charge in [0.2, 0.25) is 5.91 Å². The highest BCUT2D eigenvalue weighted by Gasteiger charge is 2.45. The van der Waals surface area contributed by atoms with Crippen LogP contribution in [0.5, 0.6) is 0 Å². The molecule has 1 aromatic carbocycles. The van der Waals surface area contributed by atoms with Crippen LogP contribution >= 0.6 is 0 Å². The van der Waals surface area contributed by atoms with Gasteiger partial charge in [-0.25, -0.2) is 0 Å². The third-order valence-electron chi connectivity index (χ3n) is 6.03. The van der Waals surface area contributed by atoms with E-state index in [2.05, 4.69) is 47.9 Å². The van der Waals surface area contributed by atoms with Gasteiger partial charge in [-0.2, -0.15) is 0 Å². The maximum atomic E-state index is 12.5. The van der Waals surface area contributed by atoms with E-state index in [1.165, 1.54) is 31.4 Å². The average molecular weight is 314 g/mol. The predicted octanol–water partition coefficient (Wildman–Crippen LogP) is 3.83. The third-order valence-corrected chi connectivity index (χ3v) is 6.03. The Balaban J connectivity index is 1.75. The molecule has 0 unspecified atom stereocenters. The summed E-state index contributed by atoms with van der Waals surface area (Å²) in [7, 11) is 0. The van der Waals surface area contributed by atoms with Crippen molar-refractivity contribution in [2.75, 3.05) is 13.1 Å². The Kier molecular flexibility index (Phi) is 5.05. The first-order valence-corrected chi connectivity index (χ1v) is 9.23. The Morgan fingerprint density at radius 1 is 1.13 bits per heavy atom. The summed E-state index contributed by atoms with van der Waals surface area (Å²) in [6.45, 7) is 7.70. The summed E-state index contributed by atoms with van der Waals surface area (Å²) in [6.07, 6.45) is 6.50. The lowest BCUT2D eigenvalue weighted by Gasteiger charge is -2.38. The maximum Gasteiger partial charge on any atom is 0.223 e. The molecule has 3 rings (SSSR count). The molecular formula is C20H30N2O. The van der Waals surface area contributed by atoms with E-state index < -0.39 is 0 Å². The number of nitrogens with zero attached hydrogens (tertiary/aromatic N) is 2. The van der Waals surface area contributed by atoms with Crippen LogP contribution in [0.1, 0.15) is 57.9 Å². The molecule has 0 radical (unpaired) electrons. The van der Waals surface area contributed by atoms with Crippen molar-refractivity contribution in [2.45, 2.75) is 70.5 Å². The summed E-state index contributed by atoms with van der Waals surface area (Å²) in [5.41, 5.74) is 1.36. The number of benzene rings is 1. The van der Waals surface area contributed by atoms with Gasteiger partial charge >= 0.3 is 0 Å². The van der Waals surface area contributed by atoms with Gasteiger partial charge in [0, 0.05) is 31.1 Å². The van der Waals surface area contributed by atoms with E-state index in [9.17, 15) is 4.79 Å². The van der Waals surface area contributed by atoms with E-state index in [-0.39, 0.29) is 5.54 Å². The number of carbonyl (C=O) groups excluding carboxylic acids is 1. The summed E-state index contributed by atoms with van der Waals surface area (Å²) in [6, 6.07) is 11.1. The standard InChI is InChI=1S/C20H30N2O/c1-3-17(2)21-14-7-11-20(13-15-21)12-10-19(23)22(20)16-18-8-5-4-6-9-18/h4-6,8-9,17H,3,7,10-16H2,1-2H3/t17-,20+/m0/s1. The lowest BCUT2D eigenvalue weighted by atomic mass is 9.87. The first kappa shape index (κ1) is 16.5. The van der Waals surface area contributed by atoms with Gasteiger partial charge in [0.15, 0.2) is 0 Å². The minimum atomic E-state index is 0.106. The normalized spacial score (nSPS) is 27.4. The highest BCUT2D eigenvalue weighted by Crippen LogP contribution is 2.40. The summed E-state index contributed by atoms with van der Waals surface area (Å²) >= 11 is 0. The first-order valence-electron chi connectivity index (χ1n) is 9.23. The van der Waals surface area contributed by atoms with Gasteiger partial charge < -0.3 is 9.80 Å². The minimum Gasteiger partial charge on any atom is -0.333 e. The zero-order valence-electron chi connectivity index (χ0n) is 14.6. The van der Waals surface area contributed by atoms with E-state index in [4.69, 9.17) is 0 Å². The maximum absolute atomic E-state index is 12.5. The van der Waals surface area contributed by atoms with Crippen LogP contribution in [0.3, 0.4) is 0 Å². The lowest BCUT2D eigenvalue weighted by molar-refractivity contribution is -0.132. The van der Waals surface area contributed by atoms with Crippen LogP contribution in [0.2, 0.25) is 0 Å². The predicted molar refractivity (Wildman–Crippen MR) is 94.1 cm³/mol. The Morgan fingerprint density at radius 3 is 2.65 bits per heavy atom. The van der Waals surface area contributed by atoms with Crippen LogP contribution in [0, 0.1) is 0 Å². The molecule has 0 saturated carbocycles. The Labute approximate surface area is 140 Å². The number of hydrogen-bond acceptors (Lipinski definition) is 2. The molecule has 0 bridgehead atoms. The fourth-order valence-corrected chi connectivity index (χ4v) is 4.31. The molecule has 2 heterocycles. The van der Waals surface area contributed by atoms with Crippen LogP contribution in [0.4, 0.5) is 0 Å². The van der Waals surface area contributed by atoms with Crippen LogP contribution in [-0.2, 0) is 11.3 Å². The molecule has 23 heavy (non-hydrogen) atoms. The van der Waals surface area contributed by atoms with Gasteiger partial charge in [-0.15, -0.1) is 0 Å². The number of rotatable bonds is 4. The third kappa shape index (κ3) is 3.45. The molecule has 1 aromatic rings. The molecule has 2 fully saturated rings. The quantitative estimate of drug-likeness (QED) is 0.843. The number of carbonyl (C=O) groups is 1. The van der Waals surface area contributed by atoms with E-state index >= 15 is 0 Å². The minimum absolute atomic E-state index is 0.106. The molecule has 2 aliphatic heterocycles. The molecule has 0 N–H and O–H groups in total. The summed E-state index contributed by atoms with van der Waals surface area (Å²) in [5, 5.41) is 0. The largest absolute Gasteiger partial charge is 0.333 e. The van der Waals surface area contributed by atoms with E-state index in [0.29, 0.717) is 11.9 Å². The van der Waals surface area contributed by atoms with Crippen LogP contribution in [-0.4, -0.2) is 40.4 Å². The van der Waals surface area contributed by atoms with E-state index in [1.54, 1.807) is 0 Å². The highest BCUT2D eigenvalue weighted by atomic mass is 16.2. The van der Waals surface area contributed by atoms with Crippen LogP contribution in [0.15, 0.2) is 30.3 Å². The fourth-order valence-electron chi connectivity index (χ4n) is 4.31. The van der Waals surface area contributed by atoms with Gasteiger partial charge in [0.1, 0.15) is 0 Å². The Bertz CT molecular complexity index is 530. The second-order valence-corrected chi connectivity index (χ2v) is 7.34. The second-order valence-electron chi connectivity index (χ2n) is 7.34. The van der Waals surface area contributed by atoms with E-state index in [1.807, 2.05) is 6.07 Å². The van der Waals surface area contributed by atoms with Crippen molar-refractivity contribution in [3.05, 3.63) is 35.9 Å². The van der Waals surface area contributed by atoms with Crippen molar-refractivity contribution in [1.82, 2.24) is 9.80 Å². The summed E-state index contributed by atoms with van der Waals surface area (Å²) < 4.78 is 0. The van der Waals surface area contributed by atoms with Gasteiger partial charge in [0.25, 0.3) is 0 Å². The molecule has 2 atom stereocenters. The molecule has 3 nitrogen and oxygen atoms in total. The molecule has 0 aliphatic carbocycles. The Morgan fingerprint density at radius 2 is 1.91 bits per heavy atom. The monoisotopic (exact) mass is 314 g/mol. The molecular weight excluding hydrogens is 284 g/mol. The van der Waals surface area contributed by atoms with Gasteiger partial charge in [-0.05, 0) is 51.1 Å². The van der Waals surface area contributed by atoms with Crippen LogP contribution in [0.25, 0.3) is 0 Å². The molecule has 0 aromatic heterocycles. The topological polar surface area (TPSA) is 23.6 Å². The number of hydrogen-bond donors (Lipinski definition) is 0. The second kappa shape index (κ2) is 7.04. The summed E-state index contributed by atoms with van der Waals surface area (Å²) in [5.74, 6) is 0.353. The van der Waals surface area contributed by atoms with Crippen molar-refractivity contribution in [3.8, 4) is 0 Å². The highest BCUT2D eigenvalue weighted by molar-refractivity contribution is 5.79. The van der Waals surface area contributed by atoms with Crippen molar-refractivity contribution >= 4 is 5.91 Å². The first-order chi connectivity index (χ1) is 11.1. The zero-order chi connectivity index (χ0) is 16.3. The molecule has 1 amide bonds. The summed E-state index contributed by atoms with van der Waals surface area (Å²) in [4.78, 5) is 17.4. The van der Waals surface area contributed by atoms with Crippen molar-refractivity contribution < 1.29 is 4.79 Å². The molecule has 3 heteroatoms. The van der Waals surface area contributed by atoms with Crippen molar-refractivity contribution in [2.24, 2.45) is 0 Å². The smallest absolute Gasteiger partial charge is 0.223 e. The lowest BCUT2D eigenvalue weighted by Crippen LogP contribution is -2.46. The molecule has 1 spiro atoms. The number of amides is 1. The van der Waals surface area contributed by atoms with Crippen molar-refractivity contribution in [3.63, 3.8) is 0 Å². The molecule has 2 saturated heterocycles. The fraction of sp³-hybridized carbons (Fsp3) is 0.650. The van der Waals surface area contributed by atoms with Gasteiger partial charge in [-0.3, -0.25) is 4.79 Å².